The third-order valence-electron chi connectivity index (χ3n) is 2.99. The topological polar surface area (TPSA) is 71.4 Å². The molecule has 1 aliphatic carbocycles. The van der Waals surface area contributed by atoms with Gasteiger partial charge in [0, 0.05) is 18.4 Å². The van der Waals surface area contributed by atoms with Crippen molar-refractivity contribution in [2.24, 2.45) is 5.73 Å². The Hall–Kier alpha value is -0.840. The van der Waals surface area contributed by atoms with Gasteiger partial charge in [-0.3, -0.25) is 0 Å². The molecule has 2 atom stereocenters. The van der Waals surface area contributed by atoms with E-state index >= 15 is 0 Å². The highest BCUT2D eigenvalue weighted by Gasteiger charge is 2.19. The first-order chi connectivity index (χ1) is 7.20. The minimum absolute atomic E-state index is 0.140. The van der Waals surface area contributed by atoms with Gasteiger partial charge in [0.25, 0.3) is 0 Å². The van der Waals surface area contributed by atoms with Crippen LogP contribution in [0.5, 0.6) is 0 Å². The highest BCUT2D eigenvalue weighted by Crippen LogP contribution is 2.28. The SMILES string of the molecule is NC1CCCc2cn(CC(O)CO)cc21. The second kappa shape index (κ2) is 4.35. The van der Waals surface area contributed by atoms with Gasteiger partial charge in [0.05, 0.1) is 19.3 Å². The summed E-state index contributed by atoms with van der Waals surface area (Å²) in [4.78, 5) is 0. The monoisotopic (exact) mass is 210 g/mol. The van der Waals surface area contributed by atoms with Gasteiger partial charge in [0.1, 0.15) is 0 Å². The Labute approximate surface area is 89.3 Å². The molecule has 0 radical (unpaired) electrons. The predicted octanol–water partition coefficient (Wildman–Crippen LogP) is 0.177. The van der Waals surface area contributed by atoms with E-state index in [1.807, 2.05) is 17.0 Å². The molecule has 4 N–H and O–H groups in total. The number of aromatic nitrogens is 1. The van der Waals surface area contributed by atoms with Gasteiger partial charge in [0.2, 0.25) is 0 Å². The second-order valence-electron chi connectivity index (χ2n) is 4.27. The molecular weight excluding hydrogens is 192 g/mol. The summed E-state index contributed by atoms with van der Waals surface area (Å²) in [7, 11) is 0. The van der Waals surface area contributed by atoms with Crippen LogP contribution in [0.3, 0.4) is 0 Å². The molecule has 0 saturated heterocycles. The van der Waals surface area contributed by atoms with Gasteiger partial charge < -0.3 is 20.5 Å². The molecular formula is C11H18N2O2. The smallest absolute Gasteiger partial charge is 0.0949 e. The summed E-state index contributed by atoms with van der Waals surface area (Å²) in [5, 5.41) is 18.1. The van der Waals surface area contributed by atoms with Crippen LogP contribution < -0.4 is 5.73 Å². The van der Waals surface area contributed by atoms with Crippen LogP contribution in [-0.2, 0) is 13.0 Å². The molecule has 0 saturated carbocycles. The largest absolute Gasteiger partial charge is 0.394 e. The molecule has 0 fully saturated rings. The minimum Gasteiger partial charge on any atom is -0.394 e. The standard InChI is InChI=1S/C11H18N2O2/c12-11-3-1-2-8-4-13(6-10(8)11)5-9(15)7-14/h4,6,9,11,14-15H,1-3,5,7,12H2. The third kappa shape index (κ3) is 2.22. The zero-order chi connectivity index (χ0) is 10.8. The third-order valence-corrected chi connectivity index (χ3v) is 2.99. The molecule has 1 aromatic heterocycles. The van der Waals surface area contributed by atoms with Crippen molar-refractivity contribution in [3.63, 3.8) is 0 Å². The second-order valence-corrected chi connectivity index (χ2v) is 4.27. The Bertz CT molecular complexity index is 335. The van der Waals surface area contributed by atoms with Crippen molar-refractivity contribution in [1.82, 2.24) is 4.57 Å². The van der Waals surface area contributed by atoms with Crippen LogP contribution in [0, 0.1) is 0 Å². The molecule has 2 unspecified atom stereocenters. The van der Waals surface area contributed by atoms with E-state index in [0.717, 1.165) is 19.3 Å². The molecule has 0 amide bonds. The number of rotatable bonds is 3. The lowest BCUT2D eigenvalue weighted by molar-refractivity contribution is 0.0812. The number of aliphatic hydroxyl groups is 2. The summed E-state index contributed by atoms with van der Waals surface area (Å²) in [5.41, 5.74) is 8.49. The van der Waals surface area contributed by atoms with Crippen LogP contribution in [0.1, 0.15) is 30.0 Å². The Morgan fingerprint density at radius 2 is 2.33 bits per heavy atom. The average molecular weight is 210 g/mol. The van der Waals surface area contributed by atoms with Crippen molar-refractivity contribution in [1.29, 1.82) is 0 Å². The Kier molecular flexibility index (Phi) is 3.09. The van der Waals surface area contributed by atoms with Crippen molar-refractivity contribution < 1.29 is 10.2 Å². The molecule has 15 heavy (non-hydrogen) atoms. The fraction of sp³-hybridized carbons (Fsp3) is 0.636. The highest BCUT2D eigenvalue weighted by molar-refractivity contribution is 5.29. The summed E-state index contributed by atoms with van der Waals surface area (Å²) < 4.78 is 1.93. The van der Waals surface area contributed by atoms with Gasteiger partial charge in [-0.05, 0) is 30.4 Å². The normalized spacial score (nSPS) is 22.5. The molecule has 4 nitrogen and oxygen atoms in total. The predicted molar refractivity (Wildman–Crippen MR) is 57.4 cm³/mol. The zero-order valence-corrected chi connectivity index (χ0v) is 8.76. The van der Waals surface area contributed by atoms with Crippen LogP contribution in [0.2, 0.25) is 0 Å². The van der Waals surface area contributed by atoms with Gasteiger partial charge in [-0.2, -0.15) is 0 Å². The van der Waals surface area contributed by atoms with E-state index in [4.69, 9.17) is 10.8 Å². The molecule has 2 rings (SSSR count). The average Bonchev–Trinajstić information content (AvgIpc) is 2.62. The fourth-order valence-corrected chi connectivity index (χ4v) is 2.19. The van der Waals surface area contributed by atoms with Gasteiger partial charge in [-0.15, -0.1) is 0 Å². The number of hydrogen-bond donors (Lipinski definition) is 3. The van der Waals surface area contributed by atoms with E-state index in [-0.39, 0.29) is 12.6 Å². The number of fused-ring (bicyclic) bond motifs is 1. The number of aliphatic hydroxyl groups excluding tert-OH is 2. The lowest BCUT2D eigenvalue weighted by Crippen LogP contribution is -2.19. The van der Waals surface area contributed by atoms with Crippen LogP contribution in [0.25, 0.3) is 0 Å². The molecule has 0 aromatic carbocycles. The molecule has 1 aromatic rings. The van der Waals surface area contributed by atoms with Gasteiger partial charge in [-0.1, -0.05) is 0 Å². The van der Waals surface area contributed by atoms with Crippen molar-refractivity contribution in [3.05, 3.63) is 23.5 Å². The van der Waals surface area contributed by atoms with Crippen LogP contribution in [-0.4, -0.2) is 27.5 Å². The van der Waals surface area contributed by atoms with E-state index in [1.54, 1.807) is 0 Å². The first-order valence-corrected chi connectivity index (χ1v) is 5.43. The molecule has 84 valence electrons. The lowest BCUT2D eigenvalue weighted by Gasteiger charge is -2.17. The summed E-state index contributed by atoms with van der Waals surface area (Å²) in [6.07, 6.45) is 6.60. The Morgan fingerprint density at radius 1 is 1.53 bits per heavy atom. The number of hydrogen-bond acceptors (Lipinski definition) is 3. The first kappa shape index (κ1) is 10.7. The molecule has 4 heteroatoms. The van der Waals surface area contributed by atoms with Crippen molar-refractivity contribution >= 4 is 0 Å². The number of nitrogens with two attached hydrogens (primary N) is 1. The summed E-state index contributed by atoms with van der Waals surface area (Å²) >= 11 is 0. The Morgan fingerprint density at radius 3 is 3.00 bits per heavy atom. The van der Waals surface area contributed by atoms with E-state index in [2.05, 4.69) is 0 Å². The molecule has 1 heterocycles. The number of aryl methyl sites for hydroxylation is 1. The number of nitrogens with zero attached hydrogens (tertiary/aromatic N) is 1. The zero-order valence-electron chi connectivity index (χ0n) is 8.76. The van der Waals surface area contributed by atoms with Crippen molar-refractivity contribution in [2.45, 2.75) is 38.0 Å². The maximum Gasteiger partial charge on any atom is 0.0949 e. The maximum atomic E-state index is 9.34. The highest BCUT2D eigenvalue weighted by atomic mass is 16.3. The molecule has 1 aliphatic rings. The lowest BCUT2D eigenvalue weighted by atomic mass is 9.92. The fourth-order valence-electron chi connectivity index (χ4n) is 2.19. The van der Waals surface area contributed by atoms with Crippen molar-refractivity contribution in [2.75, 3.05) is 6.61 Å². The van der Waals surface area contributed by atoms with E-state index in [0.29, 0.717) is 6.54 Å². The minimum atomic E-state index is -0.685. The van der Waals surface area contributed by atoms with Crippen molar-refractivity contribution in [3.8, 4) is 0 Å². The van der Waals surface area contributed by atoms with Gasteiger partial charge in [-0.25, -0.2) is 0 Å². The van der Waals surface area contributed by atoms with Gasteiger partial charge in [0.15, 0.2) is 0 Å². The molecule has 0 bridgehead atoms. The van der Waals surface area contributed by atoms with Crippen LogP contribution >= 0.6 is 0 Å². The van der Waals surface area contributed by atoms with Crippen LogP contribution in [0.15, 0.2) is 12.4 Å². The van der Waals surface area contributed by atoms with Crippen LogP contribution in [0.4, 0.5) is 0 Å². The van der Waals surface area contributed by atoms with E-state index in [1.165, 1.54) is 11.1 Å². The quantitative estimate of drug-likeness (QED) is 0.666. The summed E-state index contributed by atoms with van der Waals surface area (Å²) in [6, 6.07) is 0.140. The maximum absolute atomic E-state index is 9.34. The first-order valence-electron chi connectivity index (χ1n) is 5.43. The summed E-state index contributed by atoms with van der Waals surface area (Å²) in [5.74, 6) is 0. The van der Waals surface area contributed by atoms with Gasteiger partial charge >= 0.3 is 0 Å². The summed E-state index contributed by atoms with van der Waals surface area (Å²) in [6.45, 7) is 0.241. The van der Waals surface area contributed by atoms with E-state index in [9.17, 15) is 5.11 Å². The molecule has 0 aliphatic heterocycles. The molecule has 0 spiro atoms. The Balaban J connectivity index is 2.14. The van der Waals surface area contributed by atoms with E-state index < -0.39 is 6.10 Å².